The molecule has 1 aliphatic heterocycles. The molecule has 1 amide bonds. The zero-order chi connectivity index (χ0) is 23.3. The average molecular weight is 479 g/mol. The molecule has 1 atom stereocenters. The van der Waals surface area contributed by atoms with Gasteiger partial charge in [0.05, 0.1) is 21.8 Å². The number of aliphatic hydroxyl groups excluding tert-OH is 1. The Kier molecular flexibility index (Phi) is 5.23. The fourth-order valence-electron chi connectivity index (χ4n) is 3.91. The summed E-state index contributed by atoms with van der Waals surface area (Å²) in [6.07, 6.45) is 0. The van der Waals surface area contributed by atoms with Gasteiger partial charge in [0.2, 0.25) is 0 Å². The highest BCUT2D eigenvalue weighted by atomic mass is 35.5. The van der Waals surface area contributed by atoms with Crippen LogP contribution in [0.15, 0.2) is 72.3 Å². The predicted molar refractivity (Wildman–Crippen MR) is 127 cm³/mol. The Morgan fingerprint density at radius 1 is 1.09 bits per heavy atom. The Labute approximate surface area is 197 Å². The molecule has 0 spiro atoms. The van der Waals surface area contributed by atoms with E-state index in [1.165, 1.54) is 40.5 Å². The van der Waals surface area contributed by atoms with E-state index < -0.39 is 29.3 Å². The Hall–Kier alpha value is -3.55. The van der Waals surface area contributed by atoms with Gasteiger partial charge in [-0.1, -0.05) is 41.1 Å². The molecule has 0 saturated carbocycles. The quantitative estimate of drug-likeness (QED) is 0.222. The van der Waals surface area contributed by atoms with Gasteiger partial charge in [-0.05, 0) is 66.6 Å². The summed E-state index contributed by atoms with van der Waals surface area (Å²) < 4.78 is 14.3. The number of halogens is 2. The van der Waals surface area contributed by atoms with E-state index in [0.29, 0.717) is 21.2 Å². The second-order valence-electron chi connectivity index (χ2n) is 7.70. The van der Waals surface area contributed by atoms with E-state index in [1.807, 2.05) is 25.1 Å². The fourth-order valence-corrected chi connectivity index (χ4v) is 5.20. The number of thiazole rings is 1. The molecule has 1 saturated heterocycles. The summed E-state index contributed by atoms with van der Waals surface area (Å²) in [5.74, 6) is -2.53. The number of Topliss-reactive ketones (excluding diaryl/α,β-unsaturated/α-hetero) is 1. The first-order chi connectivity index (χ1) is 15.8. The number of carbonyl (C=O) groups is 2. The minimum atomic E-state index is -0.949. The molecule has 5 rings (SSSR count). The minimum Gasteiger partial charge on any atom is -0.507 e. The lowest BCUT2D eigenvalue weighted by atomic mass is 9.95. The predicted octanol–water partition coefficient (Wildman–Crippen LogP) is 6.02. The molecular weight excluding hydrogens is 463 g/mol. The third-order valence-corrected chi connectivity index (χ3v) is 6.72. The fraction of sp³-hybridized carbons (Fsp3) is 0.0800. The van der Waals surface area contributed by atoms with Crippen LogP contribution in [-0.4, -0.2) is 21.8 Å². The van der Waals surface area contributed by atoms with Crippen molar-refractivity contribution < 1.29 is 19.1 Å². The van der Waals surface area contributed by atoms with Crippen molar-refractivity contribution >= 4 is 55.7 Å². The standard InChI is InChI=1S/C25H16ClFN2O3S/c1-13-5-10-18-19(11-13)33-25(28-18)29-21(15-3-2-4-16(26)12-15)20(23(31)24(29)32)22(30)14-6-8-17(27)9-7-14/h2-12,21,30H,1H3. The molecular formula is C25H16ClFN2O3S. The first kappa shape index (κ1) is 21.3. The van der Waals surface area contributed by atoms with Crippen LogP contribution in [0.1, 0.15) is 22.7 Å². The maximum absolute atomic E-state index is 13.4. The van der Waals surface area contributed by atoms with Crippen molar-refractivity contribution in [2.24, 2.45) is 0 Å². The number of anilines is 1. The lowest BCUT2D eigenvalue weighted by molar-refractivity contribution is -0.132. The van der Waals surface area contributed by atoms with Crippen LogP contribution in [0.25, 0.3) is 16.0 Å². The number of carbonyl (C=O) groups excluding carboxylic acids is 2. The Morgan fingerprint density at radius 2 is 1.85 bits per heavy atom. The number of ketones is 1. The largest absolute Gasteiger partial charge is 0.507 e. The van der Waals surface area contributed by atoms with E-state index in [9.17, 15) is 19.1 Å². The number of fused-ring (bicyclic) bond motifs is 1. The molecule has 1 aliphatic rings. The summed E-state index contributed by atoms with van der Waals surface area (Å²) in [6.45, 7) is 1.96. The van der Waals surface area contributed by atoms with Gasteiger partial charge < -0.3 is 5.11 Å². The molecule has 2 heterocycles. The third-order valence-electron chi connectivity index (χ3n) is 5.47. The van der Waals surface area contributed by atoms with Gasteiger partial charge in [-0.2, -0.15) is 0 Å². The molecule has 3 aromatic carbocycles. The van der Waals surface area contributed by atoms with Gasteiger partial charge in [0.15, 0.2) is 5.13 Å². The smallest absolute Gasteiger partial charge is 0.301 e. The molecule has 1 fully saturated rings. The molecule has 0 radical (unpaired) electrons. The number of benzene rings is 3. The topological polar surface area (TPSA) is 70.5 Å². The van der Waals surface area contributed by atoms with E-state index in [2.05, 4.69) is 4.98 Å². The zero-order valence-electron chi connectivity index (χ0n) is 17.3. The number of nitrogens with zero attached hydrogens (tertiary/aromatic N) is 2. The van der Waals surface area contributed by atoms with Gasteiger partial charge in [-0.25, -0.2) is 9.37 Å². The van der Waals surface area contributed by atoms with Gasteiger partial charge in [0, 0.05) is 10.6 Å². The Bertz CT molecular complexity index is 1460. The Morgan fingerprint density at radius 3 is 2.58 bits per heavy atom. The summed E-state index contributed by atoms with van der Waals surface area (Å²) in [4.78, 5) is 32.3. The normalized spacial score (nSPS) is 17.8. The van der Waals surface area contributed by atoms with Crippen molar-refractivity contribution in [2.45, 2.75) is 13.0 Å². The molecule has 0 aliphatic carbocycles. The summed E-state index contributed by atoms with van der Waals surface area (Å²) in [5.41, 5.74) is 2.40. The molecule has 5 nitrogen and oxygen atoms in total. The zero-order valence-corrected chi connectivity index (χ0v) is 18.8. The lowest BCUT2D eigenvalue weighted by Crippen LogP contribution is -2.29. The maximum Gasteiger partial charge on any atom is 0.301 e. The highest BCUT2D eigenvalue weighted by molar-refractivity contribution is 7.22. The van der Waals surface area contributed by atoms with Crippen LogP contribution in [0.2, 0.25) is 5.02 Å². The molecule has 0 bridgehead atoms. The first-order valence-corrected chi connectivity index (χ1v) is 11.2. The van der Waals surface area contributed by atoms with Crippen molar-refractivity contribution in [3.63, 3.8) is 0 Å². The molecule has 33 heavy (non-hydrogen) atoms. The van der Waals surface area contributed by atoms with E-state index in [4.69, 9.17) is 11.6 Å². The molecule has 1 aromatic heterocycles. The van der Waals surface area contributed by atoms with E-state index in [0.717, 1.165) is 10.3 Å². The molecule has 164 valence electrons. The van der Waals surface area contributed by atoms with Crippen LogP contribution in [0.3, 0.4) is 0 Å². The summed E-state index contributed by atoms with van der Waals surface area (Å²) in [5, 5.41) is 11.8. The van der Waals surface area contributed by atoms with Crippen molar-refractivity contribution in [2.75, 3.05) is 4.90 Å². The van der Waals surface area contributed by atoms with E-state index >= 15 is 0 Å². The molecule has 8 heteroatoms. The summed E-state index contributed by atoms with van der Waals surface area (Å²) >= 11 is 7.50. The van der Waals surface area contributed by atoms with Crippen LogP contribution >= 0.6 is 22.9 Å². The number of aliphatic hydroxyl groups is 1. The average Bonchev–Trinajstić information content (AvgIpc) is 3.32. The molecule has 1 N–H and O–H groups in total. The number of hydrogen-bond acceptors (Lipinski definition) is 5. The Balaban J connectivity index is 1.74. The van der Waals surface area contributed by atoms with Gasteiger partial charge in [0.25, 0.3) is 5.78 Å². The van der Waals surface area contributed by atoms with Crippen LogP contribution in [0.5, 0.6) is 0 Å². The van der Waals surface area contributed by atoms with Crippen molar-refractivity contribution in [1.29, 1.82) is 0 Å². The second kappa shape index (κ2) is 8.10. The number of aromatic nitrogens is 1. The number of aryl methyl sites for hydroxylation is 1. The minimum absolute atomic E-state index is 0.107. The summed E-state index contributed by atoms with van der Waals surface area (Å²) in [6, 6.07) is 16.6. The molecule has 4 aromatic rings. The van der Waals surface area contributed by atoms with Gasteiger partial charge in [-0.3, -0.25) is 14.5 Å². The van der Waals surface area contributed by atoms with Gasteiger partial charge in [-0.15, -0.1) is 0 Å². The van der Waals surface area contributed by atoms with E-state index in [1.54, 1.807) is 24.3 Å². The number of rotatable bonds is 3. The highest BCUT2D eigenvalue weighted by Gasteiger charge is 2.48. The summed E-state index contributed by atoms with van der Waals surface area (Å²) in [7, 11) is 0. The van der Waals surface area contributed by atoms with Crippen LogP contribution in [-0.2, 0) is 9.59 Å². The SMILES string of the molecule is Cc1ccc2nc(N3C(=O)C(=O)C(=C(O)c4ccc(F)cc4)C3c3cccc(Cl)c3)sc2c1. The van der Waals surface area contributed by atoms with E-state index in [-0.39, 0.29) is 11.1 Å². The van der Waals surface area contributed by atoms with Gasteiger partial charge >= 0.3 is 5.91 Å². The molecule has 1 unspecified atom stereocenters. The first-order valence-electron chi connectivity index (χ1n) is 10.0. The van der Waals surface area contributed by atoms with Gasteiger partial charge in [0.1, 0.15) is 11.6 Å². The van der Waals surface area contributed by atoms with Crippen molar-refractivity contribution in [3.8, 4) is 0 Å². The van der Waals surface area contributed by atoms with Crippen LogP contribution < -0.4 is 4.90 Å². The monoisotopic (exact) mass is 478 g/mol. The van der Waals surface area contributed by atoms with Crippen LogP contribution in [0.4, 0.5) is 9.52 Å². The second-order valence-corrected chi connectivity index (χ2v) is 9.14. The maximum atomic E-state index is 13.4. The van der Waals surface area contributed by atoms with Crippen molar-refractivity contribution in [1.82, 2.24) is 4.98 Å². The van der Waals surface area contributed by atoms with Crippen LogP contribution in [0, 0.1) is 12.7 Å². The third kappa shape index (κ3) is 3.69. The highest BCUT2D eigenvalue weighted by Crippen LogP contribution is 2.44. The number of hydrogen-bond donors (Lipinski definition) is 1. The van der Waals surface area contributed by atoms with Crippen molar-refractivity contribution in [3.05, 3.63) is 99.8 Å². The number of amides is 1. The lowest BCUT2D eigenvalue weighted by Gasteiger charge is -2.23.